The third-order valence-corrected chi connectivity index (χ3v) is 6.67. The lowest BCUT2D eigenvalue weighted by atomic mass is 9.88. The zero-order valence-electron chi connectivity index (χ0n) is 17.0. The first-order chi connectivity index (χ1) is 15.3. The van der Waals surface area contributed by atoms with Gasteiger partial charge in [-0.3, -0.25) is 9.78 Å². The highest BCUT2D eigenvalue weighted by atomic mass is 32.2. The summed E-state index contributed by atoms with van der Waals surface area (Å²) < 4.78 is 32.9. The minimum atomic E-state index is -4.17. The fourth-order valence-electron chi connectivity index (χ4n) is 3.81. The normalized spacial score (nSPS) is 13.6. The van der Waals surface area contributed by atoms with Crippen molar-refractivity contribution in [2.24, 2.45) is 5.73 Å². The number of rotatable bonds is 5. The van der Waals surface area contributed by atoms with Crippen molar-refractivity contribution in [3.8, 4) is 17.0 Å². The Morgan fingerprint density at radius 1 is 1.12 bits per heavy atom. The SMILES string of the molecule is C=CC(N)n1nc2c3c(c(OS(=O)(=O)c4ccc(C)cc4)ccc31)C(=O)c1ccncc1-2. The molecule has 0 saturated carbocycles. The average Bonchev–Trinajstić information content (AvgIpc) is 3.17. The van der Waals surface area contributed by atoms with E-state index < -0.39 is 16.3 Å². The van der Waals surface area contributed by atoms with Gasteiger partial charge in [0.2, 0.25) is 0 Å². The van der Waals surface area contributed by atoms with Gasteiger partial charge in [-0.1, -0.05) is 30.4 Å². The molecule has 0 fully saturated rings. The predicted octanol–water partition coefficient (Wildman–Crippen LogP) is 3.36. The highest BCUT2D eigenvalue weighted by Crippen LogP contribution is 2.43. The maximum atomic E-state index is 13.4. The van der Waals surface area contributed by atoms with Crippen LogP contribution in [0.4, 0.5) is 0 Å². The van der Waals surface area contributed by atoms with Crippen molar-refractivity contribution in [3.05, 3.63) is 84.2 Å². The van der Waals surface area contributed by atoms with E-state index in [1.807, 2.05) is 6.92 Å². The summed E-state index contributed by atoms with van der Waals surface area (Å²) in [6.45, 7) is 5.57. The number of aromatic nitrogens is 3. The maximum absolute atomic E-state index is 13.4. The lowest BCUT2D eigenvalue weighted by molar-refractivity contribution is 0.103. The number of nitrogens with two attached hydrogens (primary N) is 1. The second-order valence-electron chi connectivity index (χ2n) is 7.45. The molecule has 0 bridgehead atoms. The van der Waals surface area contributed by atoms with E-state index in [9.17, 15) is 13.2 Å². The monoisotopic (exact) mass is 446 g/mol. The molecule has 2 aromatic heterocycles. The molecule has 0 aliphatic heterocycles. The van der Waals surface area contributed by atoms with Crippen molar-refractivity contribution in [2.45, 2.75) is 18.0 Å². The highest BCUT2D eigenvalue weighted by Gasteiger charge is 2.34. The van der Waals surface area contributed by atoms with Crippen LogP contribution in [0.3, 0.4) is 0 Å². The molecule has 1 atom stereocenters. The van der Waals surface area contributed by atoms with Crippen LogP contribution >= 0.6 is 0 Å². The van der Waals surface area contributed by atoms with Gasteiger partial charge in [-0.25, -0.2) is 4.68 Å². The highest BCUT2D eigenvalue weighted by molar-refractivity contribution is 7.87. The lowest BCUT2D eigenvalue weighted by Gasteiger charge is -2.17. The smallest absolute Gasteiger partial charge is 0.339 e. The lowest BCUT2D eigenvalue weighted by Crippen LogP contribution is -2.17. The first kappa shape index (κ1) is 20.1. The van der Waals surface area contributed by atoms with Gasteiger partial charge in [0.05, 0.1) is 11.1 Å². The van der Waals surface area contributed by atoms with Crippen LogP contribution in [0.25, 0.3) is 22.2 Å². The number of fused-ring (bicyclic) bond motifs is 2. The van der Waals surface area contributed by atoms with Gasteiger partial charge in [-0.05, 0) is 37.3 Å². The van der Waals surface area contributed by atoms with Crippen molar-refractivity contribution in [1.82, 2.24) is 14.8 Å². The minimum absolute atomic E-state index is 0.00662. The summed E-state index contributed by atoms with van der Waals surface area (Å²) in [5.74, 6) is -0.445. The summed E-state index contributed by atoms with van der Waals surface area (Å²) in [5, 5.41) is 5.06. The summed E-state index contributed by atoms with van der Waals surface area (Å²) in [5.41, 5.74) is 9.11. The quantitative estimate of drug-likeness (QED) is 0.325. The number of nitrogens with zero attached hydrogens (tertiary/aromatic N) is 3. The van der Waals surface area contributed by atoms with E-state index in [0.717, 1.165) is 5.56 Å². The number of pyridine rings is 1. The van der Waals surface area contributed by atoms with E-state index in [1.54, 1.807) is 30.5 Å². The Bertz CT molecular complexity index is 1520. The van der Waals surface area contributed by atoms with E-state index >= 15 is 0 Å². The minimum Gasteiger partial charge on any atom is -0.378 e. The van der Waals surface area contributed by atoms with Gasteiger partial charge in [0.1, 0.15) is 16.8 Å². The maximum Gasteiger partial charge on any atom is 0.339 e. The number of carbonyl (C=O) groups is 1. The molecule has 0 saturated heterocycles. The van der Waals surface area contributed by atoms with E-state index in [2.05, 4.69) is 16.7 Å². The predicted molar refractivity (Wildman–Crippen MR) is 119 cm³/mol. The standard InChI is InChI=1S/C23H18N4O4S/c1-3-19(24)27-17-8-9-18(31-32(29,30)14-6-4-13(2)5-7-14)21-20(17)22(26-27)16-12-25-11-10-15(16)23(21)28/h3-12,19H,1,24H2,2H3. The van der Waals surface area contributed by atoms with Gasteiger partial charge in [0, 0.05) is 28.9 Å². The molecule has 1 aliphatic carbocycles. The van der Waals surface area contributed by atoms with Crippen molar-refractivity contribution in [1.29, 1.82) is 0 Å². The summed E-state index contributed by atoms with van der Waals surface area (Å²) in [4.78, 5) is 17.5. The van der Waals surface area contributed by atoms with Gasteiger partial charge < -0.3 is 9.92 Å². The third-order valence-electron chi connectivity index (χ3n) is 5.42. The Labute approximate surface area is 184 Å². The molecule has 4 aromatic rings. The van der Waals surface area contributed by atoms with Crippen LogP contribution in [0.15, 0.2) is 72.4 Å². The molecule has 9 heteroatoms. The Kier molecular flexibility index (Phi) is 4.47. The van der Waals surface area contributed by atoms with Gasteiger partial charge in [0.15, 0.2) is 11.5 Å². The molecule has 0 amide bonds. The van der Waals surface area contributed by atoms with Crippen LogP contribution < -0.4 is 9.92 Å². The molecule has 32 heavy (non-hydrogen) atoms. The molecule has 2 N–H and O–H groups in total. The second-order valence-corrected chi connectivity index (χ2v) is 9.00. The zero-order valence-corrected chi connectivity index (χ0v) is 17.8. The van der Waals surface area contributed by atoms with Crippen LogP contribution in [0.1, 0.15) is 27.7 Å². The zero-order chi connectivity index (χ0) is 22.6. The molecular weight excluding hydrogens is 428 g/mol. The molecule has 1 unspecified atom stereocenters. The Hall–Kier alpha value is -3.82. The molecule has 2 heterocycles. The van der Waals surface area contributed by atoms with Crippen molar-refractivity contribution >= 4 is 26.8 Å². The topological polar surface area (TPSA) is 117 Å². The van der Waals surface area contributed by atoms with Crippen LogP contribution in [0.5, 0.6) is 5.75 Å². The van der Waals surface area contributed by atoms with Crippen molar-refractivity contribution in [3.63, 3.8) is 0 Å². The van der Waals surface area contributed by atoms with Gasteiger partial charge in [-0.15, -0.1) is 0 Å². The number of aryl methyl sites for hydroxylation is 1. The Balaban J connectivity index is 1.76. The average molecular weight is 446 g/mol. The van der Waals surface area contributed by atoms with Gasteiger partial charge in [-0.2, -0.15) is 13.5 Å². The first-order valence-corrected chi connectivity index (χ1v) is 11.2. The molecule has 0 spiro atoms. The largest absolute Gasteiger partial charge is 0.378 e. The second kappa shape index (κ2) is 7.11. The third kappa shape index (κ3) is 2.94. The fourth-order valence-corrected chi connectivity index (χ4v) is 4.75. The molecule has 2 aromatic carbocycles. The van der Waals surface area contributed by atoms with Gasteiger partial charge >= 0.3 is 10.1 Å². The van der Waals surface area contributed by atoms with E-state index in [-0.39, 0.29) is 22.0 Å². The molecule has 1 aliphatic rings. The number of ketones is 1. The van der Waals surface area contributed by atoms with Crippen LogP contribution in [0, 0.1) is 6.92 Å². The number of benzene rings is 2. The van der Waals surface area contributed by atoms with Crippen LogP contribution in [-0.2, 0) is 10.1 Å². The number of carbonyl (C=O) groups excluding carboxylic acids is 1. The van der Waals surface area contributed by atoms with Crippen LogP contribution in [-0.4, -0.2) is 29.0 Å². The summed E-state index contributed by atoms with van der Waals surface area (Å²) in [7, 11) is -4.17. The van der Waals surface area contributed by atoms with E-state index in [1.165, 1.54) is 35.2 Å². The summed E-state index contributed by atoms with van der Waals surface area (Å²) >= 11 is 0. The Morgan fingerprint density at radius 3 is 2.59 bits per heavy atom. The number of hydrogen-bond acceptors (Lipinski definition) is 7. The molecular formula is C23H18N4O4S. The van der Waals surface area contributed by atoms with E-state index in [4.69, 9.17) is 9.92 Å². The van der Waals surface area contributed by atoms with Crippen LogP contribution in [0.2, 0.25) is 0 Å². The first-order valence-electron chi connectivity index (χ1n) is 9.75. The van der Waals surface area contributed by atoms with E-state index in [0.29, 0.717) is 27.7 Å². The van der Waals surface area contributed by atoms with Gasteiger partial charge in [0.25, 0.3) is 0 Å². The summed E-state index contributed by atoms with van der Waals surface area (Å²) in [6.07, 6.45) is 3.93. The Morgan fingerprint density at radius 2 is 1.88 bits per heavy atom. The fraction of sp³-hybridized carbons (Fsp3) is 0.0870. The molecule has 0 radical (unpaired) electrons. The summed E-state index contributed by atoms with van der Waals surface area (Å²) in [6, 6.07) is 10.9. The molecule has 160 valence electrons. The number of hydrogen-bond donors (Lipinski definition) is 1. The molecule has 8 nitrogen and oxygen atoms in total. The van der Waals surface area contributed by atoms with Crippen molar-refractivity contribution < 1.29 is 17.4 Å². The molecule has 5 rings (SSSR count). The van der Waals surface area contributed by atoms with Crippen molar-refractivity contribution in [2.75, 3.05) is 0 Å².